The molecule has 16 heavy (non-hydrogen) atoms. The smallest absolute Gasteiger partial charge is 0.871 e. The number of carbonyl (C=O) groups is 1. The van der Waals surface area contributed by atoms with E-state index in [0.717, 1.165) is 0 Å². The maximum atomic E-state index is 11.7. The minimum Gasteiger partial charge on any atom is -0.871 e. The Morgan fingerprint density at radius 2 is 1.81 bits per heavy atom. The summed E-state index contributed by atoms with van der Waals surface area (Å²) in [6.45, 7) is 0. The Morgan fingerprint density at radius 3 is 2.38 bits per heavy atom. The predicted octanol–water partition coefficient (Wildman–Crippen LogP) is -0.731. The van der Waals surface area contributed by atoms with Crippen LogP contribution in [0.25, 0.3) is 10.8 Å². The second-order valence-electron chi connectivity index (χ2n) is 3.09. The van der Waals surface area contributed by atoms with E-state index in [2.05, 4.69) is 0 Å². The van der Waals surface area contributed by atoms with E-state index in [0.29, 0.717) is 10.8 Å². The fourth-order valence-electron chi connectivity index (χ4n) is 1.46. The van der Waals surface area contributed by atoms with Gasteiger partial charge in [0, 0.05) is 5.02 Å². The molecule has 0 aliphatic heterocycles. The molecular formula is C11H6ClNaO3. The zero-order valence-corrected chi connectivity index (χ0v) is 11.3. The third kappa shape index (κ3) is 2.18. The van der Waals surface area contributed by atoms with Crippen molar-refractivity contribution in [2.45, 2.75) is 0 Å². The van der Waals surface area contributed by atoms with Crippen LogP contribution in [-0.4, -0.2) is 11.1 Å². The normalized spacial score (nSPS) is 9.81. The van der Waals surface area contributed by atoms with E-state index < -0.39 is 11.7 Å². The van der Waals surface area contributed by atoms with Crippen LogP contribution >= 0.6 is 11.6 Å². The minimum absolute atomic E-state index is 0. The Kier molecular flexibility index (Phi) is 4.21. The number of rotatable bonds is 1. The summed E-state index contributed by atoms with van der Waals surface area (Å²) in [5.74, 6) is -1.75. The summed E-state index contributed by atoms with van der Waals surface area (Å²) in [5.41, 5.74) is -0.293. The van der Waals surface area contributed by atoms with Crippen molar-refractivity contribution in [2.24, 2.45) is 0 Å². The molecule has 5 heteroatoms. The number of carboxylic acid groups (broad SMARTS) is 1. The van der Waals surface area contributed by atoms with Crippen LogP contribution in [0.4, 0.5) is 0 Å². The Balaban J connectivity index is 0.00000128. The molecule has 0 aliphatic rings. The van der Waals surface area contributed by atoms with E-state index in [9.17, 15) is 9.90 Å². The molecule has 0 unspecified atom stereocenters. The van der Waals surface area contributed by atoms with Crippen LogP contribution in [0.5, 0.6) is 5.75 Å². The van der Waals surface area contributed by atoms with Crippen molar-refractivity contribution in [1.82, 2.24) is 0 Å². The first-order chi connectivity index (χ1) is 7.11. The van der Waals surface area contributed by atoms with Crippen molar-refractivity contribution in [2.75, 3.05) is 0 Å². The zero-order valence-electron chi connectivity index (χ0n) is 8.53. The predicted molar refractivity (Wildman–Crippen MR) is 55.4 cm³/mol. The van der Waals surface area contributed by atoms with Gasteiger partial charge in [0.2, 0.25) is 0 Å². The van der Waals surface area contributed by atoms with Gasteiger partial charge < -0.3 is 10.2 Å². The molecule has 0 spiro atoms. The van der Waals surface area contributed by atoms with Crippen molar-refractivity contribution in [3.63, 3.8) is 0 Å². The molecule has 3 nitrogen and oxygen atoms in total. The van der Waals surface area contributed by atoms with Gasteiger partial charge in [-0.2, -0.15) is 0 Å². The van der Waals surface area contributed by atoms with Crippen LogP contribution in [0.15, 0.2) is 30.3 Å². The summed E-state index contributed by atoms with van der Waals surface area (Å²) in [6.07, 6.45) is 0. The Labute approximate surface area is 119 Å². The molecule has 0 aliphatic carbocycles. The molecule has 1 N–H and O–H groups in total. The molecule has 2 aromatic carbocycles. The van der Waals surface area contributed by atoms with Gasteiger partial charge in [-0.3, -0.25) is 0 Å². The van der Waals surface area contributed by atoms with Gasteiger partial charge in [-0.15, -0.1) is 0 Å². The summed E-state index contributed by atoms with van der Waals surface area (Å²) in [6, 6.07) is 7.86. The largest absolute Gasteiger partial charge is 1.00 e. The second kappa shape index (κ2) is 5.06. The topological polar surface area (TPSA) is 60.4 Å². The van der Waals surface area contributed by atoms with Crippen LogP contribution < -0.4 is 34.7 Å². The molecule has 0 atom stereocenters. The molecule has 2 rings (SSSR count). The number of benzene rings is 2. The van der Waals surface area contributed by atoms with Gasteiger partial charge in [0.25, 0.3) is 0 Å². The van der Waals surface area contributed by atoms with E-state index in [4.69, 9.17) is 16.7 Å². The maximum absolute atomic E-state index is 11.7. The summed E-state index contributed by atoms with van der Waals surface area (Å²) in [4.78, 5) is 10.8. The molecule has 0 radical (unpaired) electrons. The average molecular weight is 245 g/mol. The number of halogens is 1. The summed E-state index contributed by atoms with van der Waals surface area (Å²) < 4.78 is 0. The van der Waals surface area contributed by atoms with Gasteiger partial charge in [-0.25, -0.2) is 4.79 Å². The molecule has 0 saturated carbocycles. The fourth-order valence-corrected chi connectivity index (χ4v) is 1.74. The first-order valence-corrected chi connectivity index (χ1v) is 4.60. The fraction of sp³-hybridized carbons (Fsp3) is 0. The molecule has 0 bridgehead atoms. The zero-order chi connectivity index (χ0) is 11.0. The quantitative estimate of drug-likeness (QED) is 0.673. The summed E-state index contributed by atoms with van der Waals surface area (Å²) in [7, 11) is 0. The molecule has 0 heterocycles. The monoisotopic (exact) mass is 244 g/mol. The number of aromatic carboxylic acids is 1. The number of fused-ring (bicyclic) bond motifs is 1. The van der Waals surface area contributed by atoms with Gasteiger partial charge in [0.05, 0.1) is 5.56 Å². The Bertz CT molecular complexity index is 554. The molecule has 2 aromatic rings. The van der Waals surface area contributed by atoms with Gasteiger partial charge in [0.15, 0.2) is 0 Å². The molecule has 0 amide bonds. The standard InChI is InChI=1S/C11H7ClO3.Na/c12-9-5-8(11(14)15)10(13)7-4-2-1-3-6(7)9;/h1-5,13H,(H,14,15);/q;+1/p-1. The van der Waals surface area contributed by atoms with Crippen LogP contribution in [0.3, 0.4) is 0 Å². The molecule has 76 valence electrons. The number of carboxylic acids is 1. The van der Waals surface area contributed by atoms with Gasteiger partial charge >= 0.3 is 35.5 Å². The van der Waals surface area contributed by atoms with Gasteiger partial charge in [-0.05, 0) is 16.8 Å². The molecule has 0 saturated heterocycles. The number of hydrogen-bond acceptors (Lipinski definition) is 2. The van der Waals surface area contributed by atoms with Crippen molar-refractivity contribution in [1.29, 1.82) is 0 Å². The first kappa shape index (κ1) is 13.3. The van der Waals surface area contributed by atoms with Crippen LogP contribution in [0, 0.1) is 0 Å². The van der Waals surface area contributed by atoms with E-state index in [1.54, 1.807) is 24.3 Å². The Hall–Kier alpha value is -0.740. The van der Waals surface area contributed by atoms with Crippen molar-refractivity contribution >= 4 is 28.3 Å². The summed E-state index contributed by atoms with van der Waals surface area (Å²) in [5, 5.41) is 21.7. The Morgan fingerprint density at radius 1 is 1.25 bits per heavy atom. The van der Waals surface area contributed by atoms with Crippen molar-refractivity contribution < 1.29 is 44.6 Å². The SMILES string of the molecule is O=C(O)c1cc(Cl)c2ccccc2c1[O-].[Na+]. The molecular weight excluding hydrogens is 239 g/mol. The van der Waals surface area contributed by atoms with Crippen LogP contribution in [-0.2, 0) is 0 Å². The average Bonchev–Trinajstić information content (AvgIpc) is 2.23. The second-order valence-corrected chi connectivity index (χ2v) is 3.49. The van der Waals surface area contributed by atoms with Crippen molar-refractivity contribution in [3.05, 3.63) is 40.9 Å². The maximum Gasteiger partial charge on any atom is 1.00 e. The first-order valence-electron chi connectivity index (χ1n) is 4.23. The van der Waals surface area contributed by atoms with Crippen LogP contribution in [0.1, 0.15) is 10.4 Å². The summed E-state index contributed by atoms with van der Waals surface area (Å²) >= 11 is 5.88. The van der Waals surface area contributed by atoms with Gasteiger partial charge in [-0.1, -0.05) is 41.6 Å². The third-order valence-electron chi connectivity index (χ3n) is 2.18. The van der Waals surface area contributed by atoms with Crippen LogP contribution in [0.2, 0.25) is 5.02 Å². The minimum atomic E-state index is -1.26. The third-order valence-corrected chi connectivity index (χ3v) is 2.49. The van der Waals surface area contributed by atoms with E-state index in [1.807, 2.05) is 0 Å². The van der Waals surface area contributed by atoms with Crippen molar-refractivity contribution in [3.8, 4) is 5.75 Å². The number of hydrogen-bond donors (Lipinski definition) is 1. The molecule has 0 fully saturated rings. The van der Waals surface area contributed by atoms with Gasteiger partial charge in [0.1, 0.15) is 0 Å². The molecule has 0 aromatic heterocycles. The van der Waals surface area contributed by atoms with E-state index in [-0.39, 0.29) is 40.1 Å². The van der Waals surface area contributed by atoms with E-state index >= 15 is 0 Å². The van der Waals surface area contributed by atoms with E-state index in [1.165, 1.54) is 6.07 Å².